The van der Waals surface area contributed by atoms with Gasteiger partial charge in [0.15, 0.2) is 0 Å². The van der Waals surface area contributed by atoms with Gasteiger partial charge in [0.2, 0.25) is 5.91 Å². The molecule has 0 spiro atoms. The summed E-state index contributed by atoms with van der Waals surface area (Å²) in [6.07, 6.45) is 3.04. The van der Waals surface area contributed by atoms with E-state index in [4.69, 9.17) is 4.74 Å². The summed E-state index contributed by atoms with van der Waals surface area (Å²) in [6.45, 7) is 3.51. The van der Waals surface area contributed by atoms with Gasteiger partial charge in [-0.3, -0.25) is 4.79 Å². The number of carboxylic acids is 1. The van der Waals surface area contributed by atoms with Gasteiger partial charge in [0.1, 0.15) is 5.54 Å². The molecule has 2 heterocycles. The van der Waals surface area contributed by atoms with Crippen LogP contribution in [-0.4, -0.2) is 47.8 Å². The third-order valence-corrected chi connectivity index (χ3v) is 4.39. The Labute approximate surface area is 112 Å². The summed E-state index contributed by atoms with van der Waals surface area (Å²) in [7, 11) is 0. The van der Waals surface area contributed by atoms with E-state index in [2.05, 4.69) is 10.6 Å². The van der Waals surface area contributed by atoms with Crippen LogP contribution in [0.2, 0.25) is 0 Å². The van der Waals surface area contributed by atoms with Gasteiger partial charge in [-0.1, -0.05) is 6.92 Å². The summed E-state index contributed by atoms with van der Waals surface area (Å²) in [5.74, 6) is -1.15. The van der Waals surface area contributed by atoms with Gasteiger partial charge in [0, 0.05) is 26.1 Å². The molecule has 19 heavy (non-hydrogen) atoms. The lowest BCUT2D eigenvalue weighted by Gasteiger charge is -2.37. The van der Waals surface area contributed by atoms with E-state index < -0.39 is 17.0 Å². The standard InChI is InChI=1S/C13H22N2O4/c1-2-12(4-3-7-14-12)10(16)15-13(11(17)18)5-8-19-9-6-13/h14H,2-9H2,1H3,(H,15,16)(H,17,18). The zero-order valence-electron chi connectivity index (χ0n) is 11.3. The van der Waals surface area contributed by atoms with Crippen molar-refractivity contribution in [3.05, 3.63) is 0 Å². The normalized spacial score (nSPS) is 29.9. The summed E-state index contributed by atoms with van der Waals surface area (Å²) in [6, 6.07) is 0. The second-order valence-electron chi connectivity index (χ2n) is 5.42. The van der Waals surface area contributed by atoms with Crippen molar-refractivity contribution in [1.29, 1.82) is 0 Å². The molecular formula is C13H22N2O4. The molecule has 0 aromatic carbocycles. The Kier molecular flexibility index (Phi) is 4.10. The molecule has 2 aliphatic rings. The van der Waals surface area contributed by atoms with E-state index in [1.54, 1.807) is 0 Å². The number of amides is 1. The molecule has 108 valence electrons. The Hall–Kier alpha value is -1.14. The van der Waals surface area contributed by atoms with Gasteiger partial charge in [-0.15, -0.1) is 0 Å². The molecule has 2 fully saturated rings. The van der Waals surface area contributed by atoms with E-state index in [0.29, 0.717) is 32.5 Å². The molecule has 6 nitrogen and oxygen atoms in total. The zero-order chi connectivity index (χ0) is 13.9. The number of nitrogens with one attached hydrogen (secondary N) is 2. The molecule has 1 unspecified atom stereocenters. The van der Waals surface area contributed by atoms with E-state index in [-0.39, 0.29) is 5.91 Å². The van der Waals surface area contributed by atoms with Crippen molar-refractivity contribution < 1.29 is 19.4 Å². The number of hydrogen-bond acceptors (Lipinski definition) is 4. The van der Waals surface area contributed by atoms with Crippen LogP contribution in [0.5, 0.6) is 0 Å². The molecule has 0 radical (unpaired) electrons. The van der Waals surface area contributed by atoms with Crippen molar-refractivity contribution in [2.75, 3.05) is 19.8 Å². The number of carbonyl (C=O) groups is 2. The minimum atomic E-state index is -1.16. The Morgan fingerprint density at radius 3 is 2.47 bits per heavy atom. The number of carboxylic acid groups (broad SMARTS) is 1. The summed E-state index contributed by atoms with van der Waals surface area (Å²) >= 11 is 0. The molecule has 1 atom stereocenters. The fourth-order valence-corrected chi connectivity index (χ4v) is 2.91. The highest BCUT2D eigenvalue weighted by atomic mass is 16.5. The third kappa shape index (κ3) is 2.60. The molecule has 1 amide bonds. The minimum Gasteiger partial charge on any atom is -0.480 e. The van der Waals surface area contributed by atoms with Crippen LogP contribution in [0.25, 0.3) is 0 Å². The van der Waals surface area contributed by atoms with Crippen LogP contribution >= 0.6 is 0 Å². The first kappa shape index (κ1) is 14.3. The van der Waals surface area contributed by atoms with Crippen LogP contribution in [0.3, 0.4) is 0 Å². The van der Waals surface area contributed by atoms with Gasteiger partial charge in [0.25, 0.3) is 0 Å². The van der Waals surface area contributed by atoms with Crippen molar-refractivity contribution in [2.45, 2.75) is 50.1 Å². The lowest BCUT2D eigenvalue weighted by Crippen LogP contribution is -2.64. The number of rotatable bonds is 4. The smallest absolute Gasteiger partial charge is 0.329 e. The average Bonchev–Trinajstić information content (AvgIpc) is 2.89. The van der Waals surface area contributed by atoms with Gasteiger partial charge in [-0.05, 0) is 25.8 Å². The maximum Gasteiger partial charge on any atom is 0.329 e. The summed E-state index contributed by atoms with van der Waals surface area (Å²) < 4.78 is 5.20. The van der Waals surface area contributed by atoms with E-state index in [1.807, 2.05) is 6.92 Å². The highest BCUT2D eigenvalue weighted by molar-refractivity contribution is 5.92. The monoisotopic (exact) mass is 270 g/mol. The Morgan fingerprint density at radius 2 is 2.00 bits per heavy atom. The van der Waals surface area contributed by atoms with Crippen LogP contribution in [0.15, 0.2) is 0 Å². The highest BCUT2D eigenvalue weighted by Gasteiger charge is 2.47. The van der Waals surface area contributed by atoms with Gasteiger partial charge in [-0.2, -0.15) is 0 Å². The number of aliphatic carboxylic acids is 1. The quantitative estimate of drug-likeness (QED) is 0.682. The molecule has 2 aliphatic heterocycles. The molecular weight excluding hydrogens is 248 g/mol. The van der Waals surface area contributed by atoms with Crippen LogP contribution in [0.4, 0.5) is 0 Å². The van der Waals surface area contributed by atoms with Crippen molar-refractivity contribution in [3.63, 3.8) is 0 Å². The topological polar surface area (TPSA) is 87.7 Å². The maximum absolute atomic E-state index is 12.5. The summed E-state index contributed by atoms with van der Waals surface area (Å²) in [4.78, 5) is 24.0. The Bertz CT molecular complexity index is 358. The molecule has 0 aromatic heterocycles. The van der Waals surface area contributed by atoms with E-state index >= 15 is 0 Å². The van der Waals surface area contributed by atoms with E-state index in [1.165, 1.54) is 0 Å². The molecule has 0 aliphatic carbocycles. The van der Waals surface area contributed by atoms with Gasteiger partial charge in [-0.25, -0.2) is 4.79 Å². The first-order valence-corrected chi connectivity index (χ1v) is 6.93. The van der Waals surface area contributed by atoms with Gasteiger partial charge in [0.05, 0.1) is 5.54 Å². The highest BCUT2D eigenvalue weighted by Crippen LogP contribution is 2.27. The number of ether oxygens (including phenoxy) is 1. The second kappa shape index (κ2) is 5.46. The summed E-state index contributed by atoms with van der Waals surface area (Å²) in [5, 5.41) is 15.5. The second-order valence-corrected chi connectivity index (χ2v) is 5.42. The molecule has 0 aromatic rings. The fourth-order valence-electron chi connectivity index (χ4n) is 2.91. The van der Waals surface area contributed by atoms with Gasteiger partial charge < -0.3 is 20.5 Å². The van der Waals surface area contributed by atoms with Crippen molar-refractivity contribution >= 4 is 11.9 Å². The Morgan fingerprint density at radius 1 is 1.32 bits per heavy atom. The van der Waals surface area contributed by atoms with Crippen LogP contribution in [0.1, 0.15) is 39.0 Å². The third-order valence-electron chi connectivity index (χ3n) is 4.39. The number of hydrogen-bond donors (Lipinski definition) is 3. The minimum absolute atomic E-state index is 0.184. The molecule has 2 saturated heterocycles. The van der Waals surface area contributed by atoms with Crippen LogP contribution in [0, 0.1) is 0 Å². The molecule has 2 rings (SSSR count). The molecule has 0 saturated carbocycles. The van der Waals surface area contributed by atoms with Crippen LogP contribution < -0.4 is 10.6 Å². The number of carbonyl (C=O) groups excluding carboxylic acids is 1. The largest absolute Gasteiger partial charge is 0.480 e. The van der Waals surface area contributed by atoms with Gasteiger partial charge >= 0.3 is 5.97 Å². The Balaban J connectivity index is 2.12. The molecule has 6 heteroatoms. The van der Waals surface area contributed by atoms with E-state index in [0.717, 1.165) is 19.4 Å². The van der Waals surface area contributed by atoms with Crippen LogP contribution in [-0.2, 0) is 14.3 Å². The maximum atomic E-state index is 12.5. The molecule has 3 N–H and O–H groups in total. The SMILES string of the molecule is CCC1(C(=O)NC2(C(=O)O)CCOCC2)CCCN1. The lowest BCUT2D eigenvalue weighted by atomic mass is 9.86. The predicted octanol–water partition coefficient (Wildman–Crippen LogP) is 0.269. The zero-order valence-corrected chi connectivity index (χ0v) is 11.3. The first-order valence-electron chi connectivity index (χ1n) is 6.93. The average molecular weight is 270 g/mol. The summed E-state index contributed by atoms with van der Waals surface area (Å²) in [5.41, 5.74) is -1.76. The van der Waals surface area contributed by atoms with Crippen molar-refractivity contribution in [1.82, 2.24) is 10.6 Å². The lowest BCUT2D eigenvalue weighted by molar-refractivity contribution is -0.153. The fraction of sp³-hybridized carbons (Fsp3) is 0.846. The first-order chi connectivity index (χ1) is 9.05. The van der Waals surface area contributed by atoms with Crippen molar-refractivity contribution in [3.8, 4) is 0 Å². The van der Waals surface area contributed by atoms with Crippen molar-refractivity contribution in [2.24, 2.45) is 0 Å². The van der Waals surface area contributed by atoms with E-state index in [9.17, 15) is 14.7 Å². The molecule has 0 bridgehead atoms. The predicted molar refractivity (Wildman–Crippen MR) is 68.8 cm³/mol.